The molecule has 7 heteroatoms. The Bertz CT molecular complexity index is 536. The summed E-state index contributed by atoms with van der Waals surface area (Å²) in [7, 11) is 0. The van der Waals surface area contributed by atoms with Crippen LogP contribution in [0, 0.1) is 5.82 Å². The first-order valence-corrected chi connectivity index (χ1v) is 8.65. The molecule has 0 spiro atoms. The Morgan fingerprint density at radius 2 is 2.19 bits per heavy atom. The van der Waals surface area contributed by atoms with Gasteiger partial charge < -0.3 is 15.8 Å². The largest absolute Gasteiger partial charge is 0.383 e. The van der Waals surface area contributed by atoms with Gasteiger partial charge >= 0.3 is 0 Å². The van der Waals surface area contributed by atoms with Crippen molar-refractivity contribution in [2.75, 3.05) is 31.3 Å². The zero-order valence-electron chi connectivity index (χ0n) is 11.7. The lowest BCUT2D eigenvalue weighted by molar-refractivity contribution is 0.0802. The number of nitrogens with one attached hydrogen (secondary N) is 1. The van der Waals surface area contributed by atoms with Gasteiger partial charge in [-0.05, 0) is 31.2 Å². The molecule has 1 aliphatic rings. The monoisotopic (exact) mass is 376 g/mol. The van der Waals surface area contributed by atoms with E-state index in [1.807, 2.05) is 0 Å². The van der Waals surface area contributed by atoms with Crippen LogP contribution in [0.5, 0.6) is 0 Å². The number of ether oxygens (including phenoxy) is 1. The lowest BCUT2D eigenvalue weighted by Gasteiger charge is -2.36. The number of anilines is 1. The lowest BCUT2D eigenvalue weighted by atomic mass is 9.98. The Kier molecular flexibility index (Phi) is 5.51. The van der Waals surface area contributed by atoms with E-state index >= 15 is 0 Å². The topological polar surface area (TPSA) is 64.3 Å². The molecule has 1 saturated heterocycles. The maximum atomic E-state index is 13.9. The second-order valence-corrected chi connectivity index (χ2v) is 7.22. The van der Waals surface area contributed by atoms with Gasteiger partial charge in [-0.15, -0.1) is 0 Å². The zero-order chi connectivity index (χ0) is 15.5. The van der Waals surface area contributed by atoms with Crippen LogP contribution >= 0.6 is 27.7 Å². The average molecular weight is 377 g/mol. The van der Waals surface area contributed by atoms with E-state index in [0.717, 1.165) is 26.1 Å². The highest BCUT2D eigenvalue weighted by Gasteiger charge is 2.32. The first kappa shape index (κ1) is 16.6. The summed E-state index contributed by atoms with van der Waals surface area (Å²) in [6.45, 7) is 2.07. The van der Waals surface area contributed by atoms with Crippen LogP contribution in [0.25, 0.3) is 0 Å². The number of primary amides is 1. The SMILES string of the molecule is CSC1(CNc2cc(Br)cc(F)c2C(N)=O)CCOCC1. The van der Waals surface area contributed by atoms with Gasteiger partial charge in [-0.2, -0.15) is 11.8 Å². The Labute approximate surface area is 136 Å². The molecular formula is C14H18BrFN2O2S. The smallest absolute Gasteiger partial charge is 0.253 e. The minimum Gasteiger partial charge on any atom is -0.383 e. The van der Waals surface area contributed by atoms with Gasteiger partial charge in [-0.25, -0.2) is 4.39 Å². The van der Waals surface area contributed by atoms with E-state index in [4.69, 9.17) is 10.5 Å². The van der Waals surface area contributed by atoms with Crippen molar-refractivity contribution in [3.63, 3.8) is 0 Å². The van der Waals surface area contributed by atoms with E-state index in [2.05, 4.69) is 27.5 Å². The molecule has 0 unspecified atom stereocenters. The molecule has 1 fully saturated rings. The van der Waals surface area contributed by atoms with Crippen molar-refractivity contribution in [1.29, 1.82) is 0 Å². The molecule has 116 valence electrons. The maximum absolute atomic E-state index is 13.9. The van der Waals surface area contributed by atoms with Gasteiger partial charge in [-0.3, -0.25) is 4.79 Å². The number of nitrogens with two attached hydrogens (primary N) is 1. The minimum atomic E-state index is -0.771. The van der Waals surface area contributed by atoms with Crippen LogP contribution in [0.1, 0.15) is 23.2 Å². The third kappa shape index (κ3) is 3.90. The van der Waals surface area contributed by atoms with Gasteiger partial charge in [-0.1, -0.05) is 15.9 Å². The molecule has 0 bridgehead atoms. The molecule has 0 radical (unpaired) electrons. The number of amides is 1. The molecule has 1 aromatic carbocycles. The van der Waals surface area contributed by atoms with Crippen LogP contribution in [0.3, 0.4) is 0 Å². The van der Waals surface area contributed by atoms with Crippen LogP contribution in [0.4, 0.5) is 10.1 Å². The van der Waals surface area contributed by atoms with Crippen LogP contribution in [-0.4, -0.2) is 36.7 Å². The number of carbonyl (C=O) groups is 1. The van der Waals surface area contributed by atoms with Crippen LogP contribution in [0.15, 0.2) is 16.6 Å². The maximum Gasteiger partial charge on any atom is 0.253 e. The standard InChI is InChI=1S/C14H18BrFN2O2S/c1-21-14(2-4-20-5-3-14)8-18-11-7-9(15)6-10(16)12(11)13(17)19/h6-7,18H,2-5,8H2,1H3,(H2,17,19). The first-order chi connectivity index (χ1) is 9.97. The molecule has 21 heavy (non-hydrogen) atoms. The van der Waals surface area contributed by atoms with Crippen LogP contribution < -0.4 is 11.1 Å². The highest BCUT2D eigenvalue weighted by atomic mass is 79.9. The van der Waals surface area contributed by atoms with Gasteiger partial charge in [0.05, 0.1) is 11.3 Å². The summed E-state index contributed by atoms with van der Waals surface area (Å²) in [6, 6.07) is 2.92. The van der Waals surface area contributed by atoms with Crippen molar-refractivity contribution in [2.24, 2.45) is 5.73 Å². The molecule has 2 rings (SSSR count). The molecule has 0 atom stereocenters. The quantitative estimate of drug-likeness (QED) is 0.828. The van der Waals surface area contributed by atoms with Gasteiger partial charge in [0.15, 0.2) is 0 Å². The van der Waals surface area contributed by atoms with E-state index in [1.165, 1.54) is 6.07 Å². The molecule has 1 heterocycles. The minimum absolute atomic E-state index is 0.0337. The van der Waals surface area contributed by atoms with Crippen molar-refractivity contribution < 1.29 is 13.9 Å². The molecule has 0 aromatic heterocycles. The predicted octanol–water partition coefficient (Wildman–Crippen LogP) is 3.01. The average Bonchev–Trinajstić information content (AvgIpc) is 2.45. The summed E-state index contributed by atoms with van der Waals surface area (Å²) in [5, 5.41) is 3.19. The molecule has 4 nitrogen and oxygen atoms in total. The molecule has 1 aromatic rings. The third-order valence-electron chi connectivity index (χ3n) is 3.74. The van der Waals surface area contributed by atoms with E-state index in [9.17, 15) is 9.18 Å². The van der Waals surface area contributed by atoms with Crippen molar-refractivity contribution in [1.82, 2.24) is 0 Å². The highest BCUT2D eigenvalue weighted by Crippen LogP contribution is 2.35. The molecular weight excluding hydrogens is 359 g/mol. The van der Waals surface area contributed by atoms with E-state index < -0.39 is 11.7 Å². The number of benzene rings is 1. The van der Waals surface area contributed by atoms with Crippen molar-refractivity contribution in [3.05, 3.63) is 28.0 Å². The Morgan fingerprint density at radius 3 is 2.76 bits per heavy atom. The molecule has 1 aliphatic heterocycles. The third-order valence-corrected chi connectivity index (χ3v) is 5.62. The first-order valence-electron chi connectivity index (χ1n) is 6.63. The van der Waals surface area contributed by atoms with Crippen molar-refractivity contribution in [2.45, 2.75) is 17.6 Å². The fourth-order valence-corrected chi connectivity index (χ4v) is 3.64. The Balaban J connectivity index is 2.21. The summed E-state index contributed by atoms with van der Waals surface area (Å²) in [4.78, 5) is 11.5. The second kappa shape index (κ2) is 6.98. The molecule has 0 saturated carbocycles. The van der Waals surface area contributed by atoms with Crippen molar-refractivity contribution >= 4 is 39.3 Å². The molecule has 3 N–H and O–H groups in total. The summed E-state index contributed by atoms with van der Waals surface area (Å²) in [5.74, 6) is -1.39. The number of thioether (sulfide) groups is 1. The summed E-state index contributed by atoms with van der Waals surface area (Å²) < 4.78 is 19.9. The number of hydrogen-bond acceptors (Lipinski definition) is 4. The number of hydrogen-bond donors (Lipinski definition) is 2. The summed E-state index contributed by atoms with van der Waals surface area (Å²) in [6.07, 6.45) is 3.90. The Hall–Kier alpha value is -0.790. The number of halogens is 2. The summed E-state index contributed by atoms with van der Waals surface area (Å²) >= 11 is 5.01. The molecule has 1 amide bonds. The normalized spacial score (nSPS) is 17.5. The lowest BCUT2D eigenvalue weighted by Crippen LogP contribution is -2.39. The molecule has 0 aliphatic carbocycles. The predicted molar refractivity (Wildman–Crippen MR) is 87.4 cm³/mol. The highest BCUT2D eigenvalue weighted by molar-refractivity contribution is 9.10. The summed E-state index contributed by atoms with van der Waals surface area (Å²) in [5.41, 5.74) is 5.61. The van der Waals surface area contributed by atoms with Crippen LogP contribution in [0.2, 0.25) is 0 Å². The van der Waals surface area contributed by atoms with E-state index in [-0.39, 0.29) is 10.3 Å². The van der Waals surface area contributed by atoms with Gasteiger partial charge in [0.1, 0.15) is 5.82 Å². The number of carbonyl (C=O) groups excluding carboxylic acids is 1. The van der Waals surface area contributed by atoms with Crippen molar-refractivity contribution in [3.8, 4) is 0 Å². The number of rotatable bonds is 5. The second-order valence-electron chi connectivity index (χ2n) is 5.03. The van der Waals surface area contributed by atoms with Crippen LogP contribution in [-0.2, 0) is 4.74 Å². The zero-order valence-corrected chi connectivity index (χ0v) is 14.2. The fraction of sp³-hybridized carbons (Fsp3) is 0.500. The van der Waals surface area contributed by atoms with Gasteiger partial charge in [0, 0.05) is 29.0 Å². The Morgan fingerprint density at radius 1 is 1.52 bits per heavy atom. The fourth-order valence-electron chi connectivity index (χ4n) is 2.42. The van der Waals surface area contributed by atoms with E-state index in [0.29, 0.717) is 16.7 Å². The van der Waals surface area contributed by atoms with E-state index in [1.54, 1.807) is 17.8 Å². The van der Waals surface area contributed by atoms with Gasteiger partial charge in [0.2, 0.25) is 0 Å². The van der Waals surface area contributed by atoms with Gasteiger partial charge in [0.25, 0.3) is 5.91 Å².